The maximum absolute atomic E-state index is 9.20. The van der Waals surface area contributed by atoms with Crippen molar-refractivity contribution in [3.63, 3.8) is 0 Å². The van der Waals surface area contributed by atoms with Crippen LogP contribution in [0, 0.1) is 11.3 Å². The Labute approximate surface area is 98.7 Å². The molecule has 76 valence electrons. The van der Waals surface area contributed by atoms with Crippen LogP contribution >= 0.6 is 23.4 Å². The molecule has 0 heterocycles. The zero-order valence-corrected chi connectivity index (χ0v) is 9.68. The summed E-state index contributed by atoms with van der Waals surface area (Å²) in [6, 6.07) is 10.1. The van der Waals surface area contributed by atoms with Crippen molar-refractivity contribution in [2.75, 3.05) is 0 Å². The predicted molar refractivity (Wildman–Crippen MR) is 64.0 cm³/mol. The monoisotopic (exact) mass is 235 g/mol. The zero-order chi connectivity index (χ0) is 10.7. The van der Waals surface area contributed by atoms with Crippen molar-refractivity contribution in [2.24, 2.45) is 0 Å². The summed E-state index contributed by atoms with van der Waals surface area (Å²) in [7, 11) is 0. The third-order valence-corrected chi connectivity index (χ3v) is 3.91. The van der Waals surface area contributed by atoms with E-state index in [0.29, 0.717) is 0 Å². The van der Waals surface area contributed by atoms with Gasteiger partial charge in [0.05, 0.1) is 6.07 Å². The second kappa shape index (κ2) is 4.30. The van der Waals surface area contributed by atoms with E-state index in [2.05, 4.69) is 18.2 Å². The summed E-state index contributed by atoms with van der Waals surface area (Å²) in [5.74, 6) is 0. The first-order chi connectivity index (χ1) is 7.24. The second-order valence-corrected chi connectivity index (χ2v) is 5.44. The maximum atomic E-state index is 9.20. The quantitative estimate of drug-likeness (QED) is 0.723. The van der Waals surface area contributed by atoms with Crippen LogP contribution in [0.5, 0.6) is 0 Å². The minimum absolute atomic E-state index is 0.315. The molecule has 0 radical (unpaired) electrons. The largest absolute Gasteiger partial charge is 0.197 e. The summed E-state index contributed by atoms with van der Waals surface area (Å²) in [6.07, 6.45) is 5.78. The number of thioether (sulfide) groups is 1. The number of benzene rings is 1. The summed E-state index contributed by atoms with van der Waals surface area (Å²) in [5, 5.41) is 9.92. The Balaban J connectivity index is 2.18. The molecule has 1 aliphatic carbocycles. The second-order valence-electron chi connectivity index (χ2n) is 3.55. The van der Waals surface area contributed by atoms with E-state index in [4.69, 9.17) is 11.6 Å². The molecule has 1 aliphatic rings. The molecular weight excluding hydrogens is 226 g/mol. The molecule has 0 fully saturated rings. The van der Waals surface area contributed by atoms with E-state index in [9.17, 15) is 5.26 Å². The van der Waals surface area contributed by atoms with E-state index in [1.165, 1.54) is 0 Å². The molecule has 0 atom stereocenters. The smallest absolute Gasteiger partial charge is 0.114 e. The Morgan fingerprint density at radius 3 is 2.67 bits per heavy atom. The fourth-order valence-corrected chi connectivity index (χ4v) is 3.03. The number of rotatable bonds is 2. The van der Waals surface area contributed by atoms with E-state index in [-0.39, 0.29) is 4.75 Å². The van der Waals surface area contributed by atoms with Crippen molar-refractivity contribution in [1.82, 2.24) is 0 Å². The Kier molecular flexibility index (Phi) is 3.04. The number of halogens is 1. The summed E-state index contributed by atoms with van der Waals surface area (Å²) in [6.45, 7) is 0. The van der Waals surface area contributed by atoms with Gasteiger partial charge in [-0.25, -0.2) is 0 Å². The molecule has 0 unspecified atom stereocenters. The average molecular weight is 236 g/mol. The van der Waals surface area contributed by atoms with Gasteiger partial charge in [0.15, 0.2) is 0 Å². The van der Waals surface area contributed by atoms with E-state index in [1.807, 2.05) is 24.3 Å². The van der Waals surface area contributed by atoms with Gasteiger partial charge < -0.3 is 0 Å². The van der Waals surface area contributed by atoms with Gasteiger partial charge in [-0.05, 0) is 31.0 Å². The average Bonchev–Trinajstić information content (AvgIpc) is 2.67. The number of hydrogen-bond acceptors (Lipinski definition) is 2. The highest BCUT2D eigenvalue weighted by Crippen LogP contribution is 2.42. The lowest BCUT2D eigenvalue weighted by Crippen LogP contribution is -2.16. The fraction of sp³-hybridized carbons (Fsp3) is 0.250. The topological polar surface area (TPSA) is 23.8 Å². The number of allylic oxidation sites excluding steroid dienone is 2. The van der Waals surface area contributed by atoms with Gasteiger partial charge in [0.1, 0.15) is 4.75 Å². The van der Waals surface area contributed by atoms with Gasteiger partial charge >= 0.3 is 0 Å². The summed E-state index contributed by atoms with van der Waals surface area (Å²) < 4.78 is -0.315. The molecule has 0 saturated heterocycles. The molecule has 0 aromatic heterocycles. The van der Waals surface area contributed by atoms with Gasteiger partial charge in [0, 0.05) is 9.92 Å². The molecule has 2 rings (SSSR count). The zero-order valence-electron chi connectivity index (χ0n) is 8.11. The summed E-state index contributed by atoms with van der Waals surface area (Å²) in [5.41, 5.74) is 0. The SMILES string of the molecule is N#CC1(Sc2cccc(Cl)c2)CC=CC1. The first-order valence-corrected chi connectivity index (χ1v) is 5.94. The number of nitriles is 1. The highest BCUT2D eigenvalue weighted by Gasteiger charge is 2.32. The molecule has 0 N–H and O–H groups in total. The van der Waals surface area contributed by atoms with Gasteiger partial charge in [-0.1, -0.05) is 29.8 Å². The van der Waals surface area contributed by atoms with Crippen LogP contribution in [0.4, 0.5) is 0 Å². The first-order valence-electron chi connectivity index (χ1n) is 4.75. The van der Waals surface area contributed by atoms with Gasteiger partial charge in [0.2, 0.25) is 0 Å². The first kappa shape index (κ1) is 10.6. The number of hydrogen-bond donors (Lipinski definition) is 0. The lowest BCUT2D eigenvalue weighted by molar-refractivity contribution is 0.792. The number of nitrogens with zero attached hydrogens (tertiary/aromatic N) is 1. The highest BCUT2D eigenvalue weighted by molar-refractivity contribution is 8.01. The Morgan fingerprint density at radius 1 is 1.33 bits per heavy atom. The molecule has 0 spiro atoms. The molecule has 0 amide bonds. The lowest BCUT2D eigenvalue weighted by Gasteiger charge is -2.19. The van der Waals surface area contributed by atoms with Crippen molar-refractivity contribution < 1.29 is 0 Å². The molecule has 3 heteroatoms. The highest BCUT2D eigenvalue weighted by atomic mass is 35.5. The van der Waals surface area contributed by atoms with Gasteiger partial charge in [-0.3, -0.25) is 0 Å². The van der Waals surface area contributed by atoms with Crippen LogP contribution in [0.15, 0.2) is 41.3 Å². The minimum Gasteiger partial charge on any atom is -0.197 e. The van der Waals surface area contributed by atoms with Gasteiger partial charge in [-0.2, -0.15) is 5.26 Å². The molecule has 1 aromatic rings. The third kappa shape index (κ3) is 2.37. The van der Waals surface area contributed by atoms with Gasteiger partial charge in [0.25, 0.3) is 0 Å². The molecule has 0 aliphatic heterocycles. The van der Waals surface area contributed by atoms with Crippen molar-refractivity contribution in [1.29, 1.82) is 5.26 Å². The standard InChI is InChI=1S/C12H10ClNS/c13-10-4-3-5-11(8-10)15-12(9-14)6-1-2-7-12/h1-5,8H,6-7H2. The minimum atomic E-state index is -0.315. The van der Waals surface area contributed by atoms with E-state index >= 15 is 0 Å². The Morgan fingerprint density at radius 2 is 2.07 bits per heavy atom. The van der Waals surface area contributed by atoms with Crippen molar-refractivity contribution >= 4 is 23.4 Å². The van der Waals surface area contributed by atoms with Crippen LogP contribution in [-0.4, -0.2) is 4.75 Å². The molecule has 15 heavy (non-hydrogen) atoms. The molecule has 0 bridgehead atoms. The summed E-state index contributed by atoms with van der Waals surface area (Å²) in [4.78, 5) is 1.06. The maximum Gasteiger partial charge on any atom is 0.114 e. The normalized spacial score (nSPS) is 17.6. The van der Waals surface area contributed by atoms with Crippen LogP contribution in [0.3, 0.4) is 0 Å². The predicted octanol–water partition coefficient (Wildman–Crippen LogP) is 4.04. The van der Waals surface area contributed by atoms with E-state index in [1.54, 1.807) is 11.8 Å². The molecule has 1 nitrogen and oxygen atoms in total. The van der Waals surface area contributed by atoms with Crippen molar-refractivity contribution in [3.05, 3.63) is 41.4 Å². The molecular formula is C12H10ClNS. The molecule has 1 aromatic carbocycles. The summed E-state index contributed by atoms with van der Waals surface area (Å²) >= 11 is 7.51. The van der Waals surface area contributed by atoms with E-state index in [0.717, 1.165) is 22.8 Å². The van der Waals surface area contributed by atoms with Gasteiger partial charge in [-0.15, -0.1) is 11.8 Å². The third-order valence-electron chi connectivity index (χ3n) is 2.37. The van der Waals surface area contributed by atoms with Crippen molar-refractivity contribution in [3.8, 4) is 6.07 Å². The Bertz CT molecular complexity index is 425. The van der Waals surface area contributed by atoms with Crippen LogP contribution in [0.2, 0.25) is 5.02 Å². The van der Waals surface area contributed by atoms with Crippen LogP contribution < -0.4 is 0 Å². The fourth-order valence-electron chi connectivity index (χ4n) is 1.58. The van der Waals surface area contributed by atoms with Crippen molar-refractivity contribution in [2.45, 2.75) is 22.5 Å². The Hall–Kier alpha value is -0.910. The van der Waals surface area contributed by atoms with E-state index < -0.39 is 0 Å². The molecule has 0 saturated carbocycles. The van der Waals surface area contributed by atoms with Crippen LogP contribution in [0.1, 0.15) is 12.8 Å². The van der Waals surface area contributed by atoms with Crippen LogP contribution in [-0.2, 0) is 0 Å². The lowest BCUT2D eigenvalue weighted by atomic mass is 10.1. The van der Waals surface area contributed by atoms with Crippen LogP contribution in [0.25, 0.3) is 0 Å².